The number of aliphatic hydroxyl groups is 1. The first-order chi connectivity index (χ1) is 14.2. The summed E-state index contributed by atoms with van der Waals surface area (Å²) in [5.74, 6) is 3.02. The Bertz CT molecular complexity index is 741. The van der Waals surface area contributed by atoms with Gasteiger partial charge in [0.1, 0.15) is 0 Å². The minimum atomic E-state index is -0.0781. The number of rotatable bonds is 0. The Morgan fingerprint density at radius 3 is 1.90 bits per heavy atom. The molecular weight excluding hydrogens is 376 g/mol. The lowest BCUT2D eigenvalue weighted by atomic mass is 9.30. The van der Waals surface area contributed by atoms with E-state index in [1.54, 1.807) is 0 Å². The summed E-state index contributed by atoms with van der Waals surface area (Å²) in [6.07, 6.45) is 15.1. The summed E-state index contributed by atoms with van der Waals surface area (Å²) < 4.78 is 0. The standard InChI is InChI=1S/C30H52O/c1-20-21(31)9-10-22-27(20,5)12-11-23-28(22,6)16-18-30(8)24-19-25(2,3)13-14-26(24,4)15-17-29(23,30)7/h20-24,31H,9-19H2,1-8H3/t20-,21+,22-,23+,24-,26+,27-,28+,29-,30+/m1/s1. The third kappa shape index (κ3) is 2.77. The van der Waals surface area contributed by atoms with Crippen molar-refractivity contribution >= 4 is 0 Å². The van der Waals surface area contributed by atoms with Crippen LogP contribution in [-0.2, 0) is 0 Å². The normalized spacial score (nSPS) is 60.9. The average Bonchev–Trinajstić information content (AvgIpc) is 2.69. The molecule has 5 fully saturated rings. The molecule has 0 aromatic heterocycles. The Labute approximate surface area is 193 Å². The second kappa shape index (κ2) is 6.55. The topological polar surface area (TPSA) is 20.2 Å². The molecule has 5 rings (SSSR count). The molecule has 5 aliphatic rings. The molecule has 31 heavy (non-hydrogen) atoms. The Morgan fingerprint density at radius 1 is 0.581 bits per heavy atom. The summed E-state index contributed by atoms with van der Waals surface area (Å²) in [6, 6.07) is 0. The van der Waals surface area contributed by atoms with Gasteiger partial charge in [-0.15, -0.1) is 0 Å². The van der Waals surface area contributed by atoms with E-state index in [1.807, 2.05) is 0 Å². The van der Waals surface area contributed by atoms with Crippen LogP contribution >= 0.6 is 0 Å². The van der Waals surface area contributed by atoms with Gasteiger partial charge in [0.25, 0.3) is 0 Å². The van der Waals surface area contributed by atoms with E-state index < -0.39 is 0 Å². The quantitative estimate of drug-likeness (QED) is 0.412. The molecular formula is C30H52O. The predicted molar refractivity (Wildman–Crippen MR) is 131 cm³/mol. The molecule has 5 aliphatic carbocycles. The van der Waals surface area contributed by atoms with E-state index in [1.165, 1.54) is 64.2 Å². The van der Waals surface area contributed by atoms with Crippen molar-refractivity contribution in [3.63, 3.8) is 0 Å². The van der Waals surface area contributed by atoms with Crippen molar-refractivity contribution in [1.82, 2.24) is 0 Å². The molecule has 1 N–H and O–H groups in total. The minimum absolute atomic E-state index is 0.0781. The van der Waals surface area contributed by atoms with Gasteiger partial charge in [-0.2, -0.15) is 0 Å². The molecule has 1 nitrogen and oxygen atoms in total. The van der Waals surface area contributed by atoms with Crippen LogP contribution in [0.15, 0.2) is 0 Å². The van der Waals surface area contributed by atoms with Gasteiger partial charge in [0.2, 0.25) is 0 Å². The second-order valence-electron chi connectivity index (χ2n) is 15.5. The SMILES string of the molecule is C[C@@H]1[C@@H](O)CC[C@@H]2[C@]1(C)CC[C@H]1[C@@]2(C)CC[C@@]2(C)[C@@H]3CC(C)(C)CC[C@@]3(C)CC[C@]12C. The van der Waals surface area contributed by atoms with Gasteiger partial charge >= 0.3 is 0 Å². The highest BCUT2D eigenvalue weighted by molar-refractivity contribution is 5.19. The van der Waals surface area contributed by atoms with Crippen molar-refractivity contribution in [2.75, 3.05) is 0 Å². The van der Waals surface area contributed by atoms with Gasteiger partial charge < -0.3 is 5.11 Å². The summed E-state index contributed by atoms with van der Waals surface area (Å²) >= 11 is 0. The molecule has 5 saturated carbocycles. The average molecular weight is 429 g/mol. The van der Waals surface area contributed by atoms with Crippen LogP contribution in [0.5, 0.6) is 0 Å². The van der Waals surface area contributed by atoms with Crippen LogP contribution in [0, 0.1) is 56.2 Å². The first-order valence-electron chi connectivity index (χ1n) is 13.9. The lowest BCUT2D eigenvalue weighted by Gasteiger charge is -2.75. The first kappa shape index (κ1) is 22.7. The maximum atomic E-state index is 10.7. The predicted octanol–water partition coefficient (Wildman–Crippen LogP) is 8.25. The van der Waals surface area contributed by atoms with Gasteiger partial charge in [-0.3, -0.25) is 0 Å². The monoisotopic (exact) mass is 428 g/mol. The summed E-state index contributed by atoms with van der Waals surface area (Å²) in [4.78, 5) is 0. The fourth-order valence-corrected chi connectivity index (χ4v) is 11.4. The lowest BCUT2D eigenvalue weighted by Crippen LogP contribution is -2.67. The van der Waals surface area contributed by atoms with Crippen molar-refractivity contribution in [3.8, 4) is 0 Å². The summed E-state index contributed by atoms with van der Waals surface area (Å²) in [7, 11) is 0. The summed E-state index contributed by atoms with van der Waals surface area (Å²) in [5.41, 5.74) is 2.88. The van der Waals surface area contributed by atoms with Crippen LogP contribution in [0.1, 0.15) is 126 Å². The fraction of sp³-hybridized carbons (Fsp3) is 1.00. The Morgan fingerprint density at radius 2 is 1.19 bits per heavy atom. The zero-order valence-corrected chi connectivity index (χ0v) is 22.1. The van der Waals surface area contributed by atoms with Gasteiger partial charge in [-0.05, 0) is 127 Å². The molecule has 0 saturated heterocycles. The molecule has 0 aliphatic heterocycles. The van der Waals surface area contributed by atoms with E-state index in [0.29, 0.717) is 38.4 Å². The zero-order chi connectivity index (χ0) is 22.7. The molecule has 0 aromatic carbocycles. The zero-order valence-electron chi connectivity index (χ0n) is 22.1. The molecule has 0 spiro atoms. The van der Waals surface area contributed by atoms with E-state index in [9.17, 15) is 5.11 Å². The van der Waals surface area contributed by atoms with Gasteiger partial charge in [0.05, 0.1) is 6.10 Å². The van der Waals surface area contributed by atoms with Crippen molar-refractivity contribution < 1.29 is 5.11 Å². The third-order valence-electron chi connectivity index (χ3n) is 13.9. The van der Waals surface area contributed by atoms with Crippen LogP contribution in [0.3, 0.4) is 0 Å². The summed E-state index contributed by atoms with van der Waals surface area (Å²) in [6.45, 7) is 20.9. The molecule has 10 atom stereocenters. The highest BCUT2D eigenvalue weighted by atomic mass is 16.3. The van der Waals surface area contributed by atoms with Crippen LogP contribution < -0.4 is 0 Å². The van der Waals surface area contributed by atoms with Crippen molar-refractivity contribution in [3.05, 3.63) is 0 Å². The van der Waals surface area contributed by atoms with E-state index in [4.69, 9.17) is 0 Å². The van der Waals surface area contributed by atoms with Crippen LogP contribution in [0.2, 0.25) is 0 Å². The van der Waals surface area contributed by atoms with E-state index >= 15 is 0 Å². The smallest absolute Gasteiger partial charge is 0.0571 e. The van der Waals surface area contributed by atoms with Crippen LogP contribution in [0.4, 0.5) is 0 Å². The maximum absolute atomic E-state index is 10.7. The first-order valence-corrected chi connectivity index (χ1v) is 13.9. The molecule has 0 aromatic rings. The van der Waals surface area contributed by atoms with Crippen molar-refractivity contribution in [1.29, 1.82) is 0 Å². The molecule has 0 amide bonds. The van der Waals surface area contributed by atoms with Crippen LogP contribution in [-0.4, -0.2) is 11.2 Å². The Kier molecular flexibility index (Phi) is 4.80. The molecule has 178 valence electrons. The molecule has 0 unspecified atom stereocenters. The van der Waals surface area contributed by atoms with Crippen LogP contribution in [0.25, 0.3) is 0 Å². The molecule has 1 heteroatoms. The number of fused-ring (bicyclic) bond motifs is 7. The maximum Gasteiger partial charge on any atom is 0.0571 e. The summed E-state index contributed by atoms with van der Waals surface area (Å²) in [5, 5.41) is 10.7. The van der Waals surface area contributed by atoms with Crippen molar-refractivity contribution in [2.45, 2.75) is 132 Å². The number of hydrogen-bond acceptors (Lipinski definition) is 1. The Hall–Kier alpha value is -0.0400. The van der Waals surface area contributed by atoms with E-state index in [2.05, 4.69) is 55.4 Å². The van der Waals surface area contributed by atoms with Gasteiger partial charge in [-0.1, -0.05) is 55.4 Å². The van der Waals surface area contributed by atoms with E-state index in [0.717, 1.165) is 24.2 Å². The molecule has 0 heterocycles. The van der Waals surface area contributed by atoms with Gasteiger partial charge in [-0.25, -0.2) is 0 Å². The second-order valence-corrected chi connectivity index (χ2v) is 15.5. The fourth-order valence-electron chi connectivity index (χ4n) is 11.4. The van der Waals surface area contributed by atoms with Gasteiger partial charge in [0, 0.05) is 0 Å². The van der Waals surface area contributed by atoms with E-state index in [-0.39, 0.29) is 6.10 Å². The largest absolute Gasteiger partial charge is 0.393 e. The highest BCUT2D eigenvalue weighted by Gasteiger charge is 2.70. The highest BCUT2D eigenvalue weighted by Crippen LogP contribution is 2.78. The number of aliphatic hydroxyl groups excluding tert-OH is 1. The third-order valence-corrected chi connectivity index (χ3v) is 13.9. The number of hydrogen-bond donors (Lipinski definition) is 1. The van der Waals surface area contributed by atoms with Gasteiger partial charge in [0.15, 0.2) is 0 Å². The Balaban J connectivity index is 1.54. The molecule has 0 bridgehead atoms. The lowest BCUT2D eigenvalue weighted by molar-refractivity contribution is -0.263. The minimum Gasteiger partial charge on any atom is -0.393 e. The van der Waals surface area contributed by atoms with Crippen molar-refractivity contribution in [2.24, 2.45) is 56.2 Å². The molecule has 0 radical (unpaired) electrons.